The molecule has 3 amide bonds. The standard InChI is InChI=1S/C21H18N2O2S/c24-19-21(11-4-9-18-17(21)10-12-26-18)22-20(25)23(19)13-15-7-3-6-14-5-1-2-8-16(14)15/h1-3,5-8,10,12H,4,9,11,13H2,(H,22,25). The second-order valence-electron chi connectivity index (χ2n) is 6.98. The number of carbonyl (C=O) groups is 2. The molecule has 130 valence electrons. The second kappa shape index (κ2) is 5.68. The molecule has 1 unspecified atom stereocenters. The quantitative estimate of drug-likeness (QED) is 0.695. The van der Waals surface area contributed by atoms with E-state index in [0.29, 0.717) is 13.0 Å². The topological polar surface area (TPSA) is 49.4 Å². The van der Waals surface area contributed by atoms with Crippen LogP contribution in [0.25, 0.3) is 10.8 Å². The average Bonchev–Trinajstić information content (AvgIpc) is 3.23. The first-order valence-electron chi connectivity index (χ1n) is 8.87. The van der Waals surface area contributed by atoms with Gasteiger partial charge in [0.1, 0.15) is 5.54 Å². The molecule has 3 aromatic rings. The molecule has 0 radical (unpaired) electrons. The fraction of sp³-hybridized carbons (Fsp3) is 0.238. The van der Waals surface area contributed by atoms with Crippen LogP contribution >= 0.6 is 11.3 Å². The van der Waals surface area contributed by atoms with Crippen LogP contribution in [-0.2, 0) is 23.3 Å². The van der Waals surface area contributed by atoms with E-state index in [9.17, 15) is 9.59 Å². The highest BCUT2D eigenvalue weighted by molar-refractivity contribution is 7.10. The van der Waals surface area contributed by atoms with Gasteiger partial charge in [-0.2, -0.15) is 0 Å². The van der Waals surface area contributed by atoms with Crippen LogP contribution in [0.1, 0.15) is 28.8 Å². The summed E-state index contributed by atoms with van der Waals surface area (Å²) in [4.78, 5) is 28.7. The molecule has 1 saturated heterocycles. The van der Waals surface area contributed by atoms with Crippen molar-refractivity contribution in [3.8, 4) is 0 Å². The van der Waals surface area contributed by atoms with Crippen LogP contribution in [0, 0.1) is 0 Å². The van der Waals surface area contributed by atoms with Gasteiger partial charge in [-0.25, -0.2) is 4.79 Å². The van der Waals surface area contributed by atoms with Crippen molar-refractivity contribution in [3.05, 3.63) is 69.9 Å². The molecule has 1 N–H and O–H groups in total. The summed E-state index contributed by atoms with van der Waals surface area (Å²) in [6.07, 6.45) is 2.58. The van der Waals surface area contributed by atoms with Crippen molar-refractivity contribution >= 4 is 34.0 Å². The molecule has 0 saturated carbocycles. The number of imide groups is 1. The van der Waals surface area contributed by atoms with Crippen LogP contribution in [0.2, 0.25) is 0 Å². The van der Waals surface area contributed by atoms with Gasteiger partial charge in [0.25, 0.3) is 5.91 Å². The smallest absolute Gasteiger partial charge is 0.319 e. The predicted octanol–water partition coefficient (Wildman–Crippen LogP) is 4.18. The molecule has 1 aliphatic heterocycles. The number of carbonyl (C=O) groups excluding carboxylic acids is 2. The summed E-state index contributed by atoms with van der Waals surface area (Å²) in [5.41, 5.74) is 1.12. The minimum atomic E-state index is -0.866. The molecule has 2 heterocycles. The molecule has 4 nitrogen and oxygen atoms in total. The first-order chi connectivity index (χ1) is 12.7. The minimum Gasteiger partial charge on any atom is -0.319 e. The number of amides is 3. The first-order valence-corrected chi connectivity index (χ1v) is 9.75. The Labute approximate surface area is 155 Å². The second-order valence-corrected chi connectivity index (χ2v) is 7.98. The van der Waals surface area contributed by atoms with Gasteiger partial charge in [0.2, 0.25) is 0 Å². The van der Waals surface area contributed by atoms with Gasteiger partial charge in [-0.15, -0.1) is 11.3 Å². The summed E-state index contributed by atoms with van der Waals surface area (Å²) >= 11 is 1.67. The maximum atomic E-state index is 13.3. The van der Waals surface area contributed by atoms with Crippen molar-refractivity contribution in [2.45, 2.75) is 31.3 Å². The van der Waals surface area contributed by atoms with Gasteiger partial charge in [0.05, 0.1) is 6.54 Å². The maximum Gasteiger partial charge on any atom is 0.325 e. The number of hydrogen-bond donors (Lipinski definition) is 1. The molecule has 2 aromatic carbocycles. The number of thiophene rings is 1. The molecule has 1 fully saturated rings. The molecule has 1 aliphatic carbocycles. The highest BCUT2D eigenvalue weighted by Gasteiger charge is 2.54. The third kappa shape index (κ3) is 2.13. The third-order valence-electron chi connectivity index (χ3n) is 5.54. The van der Waals surface area contributed by atoms with Gasteiger partial charge in [-0.3, -0.25) is 9.69 Å². The Hall–Kier alpha value is -2.66. The van der Waals surface area contributed by atoms with E-state index in [0.717, 1.165) is 34.7 Å². The summed E-state index contributed by atoms with van der Waals surface area (Å²) in [6, 6.07) is 15.8. The molecular formula is C21H18N2O2S. The van der Waals surface area contributed by atoms with E-state index in [-0.39, 0.29) is 11.9 Å². The highest BCUT2D eigenvalue weighted by atomic mass is 32.1. The zero-order valence-corrected chi connectivity index (χ0v) is 15.0. The minimum absolute atomic E-state index is 0.116. The molecular weight excluding hydrogens is 344 g/mol. The summed E-state index contributed by atoms with van der Waals surface area (Å²) in [5, 5.41) is 7.24. The lowest BCUT2D eigenvalue weighted by Crippen LogP contribution is -2.46. The molecule has 5 rings (SSSR count). The maximum absolute atomic E-state index is 13.3. The summed E-state index contributed by atoms with van der Waals surface area (Å²) in [6.45, 7) is 0.299. The Morgan fingerprint density at radius 2 is 1.92 bits per heavy atom. The predicted molar refractivity (Wildman–Crippen MR) is 102 cm³/mol. The van der Waals surface area contributed by atoms with Gasteiger partial charge in [-0.05, 0) is 47.0 Å². The van der Waals surface area contributed by atoms with E-state index in [1.807, 2.05) is 53.9 Å². The van der Waals surface area contributed by atoms with Gasteiger partial charge < -0.3 is 5.32 Å². The van der Waals surface area contributed by atoms with Crippen molar-refractivity contribution < 1.29 is 9.59 Å². The molecule has 1 atom stereocenters. The number of hydrogen-bond acceptors (Lipinski definition) is 3. The van der Waals surface area contributed by atoms with Crippen molar-refractivity contribution in [1.29, 1.82) is 0 Å². The monoisotopic (exact) mass is 362 g/mol. The molecule has 5 heteroatoms. The van der Waals surface area contributed by atoms with Gasteiger partial charge >= 0.3 is 6.03 Å². The molecule has 26 heavy (non-hydrogen) atoms. The van der Waals surface area contributed by atoms with Crippen LogP contribution in [0.3, 0.4) is 0 Å². The van der Waals surface area contributed by atoms with E-state index in [4.69, 9.17) is 0 Å². The normalized spacial score (nSPS) is 22.1. The molecule has 0 bridgehead atoms. The Kier molecular flexibility index (Phi) is 3.40. The lowest BCUT2D eigenvalue weighted by atomic mass is 9.80. The van der Waals surface area contributed by atoms with Gasteiger partial charge in [0, 0.05) is 10.4 Å². The number of fused-ring (bicyclic) bond motifs is 3. The Balaban J connectivity index is 1.54. The van der Waals surface area contributed by atoms with Gasteiger partial charge in [-0.1, -0.05) is 42.5 Å². The molecule has 1 aromatic heterocycles. The van der Waals surface area contributed by atoms with Crippen molar-refractivity contribution in [3.63, 3.8) is 0 Å². The van der Waals surface area contributed by atoms with Crippen LogP contribution in [0.4, 0.5) is 4.79 Å². The third-order valence-corrected chi connectivity index (χ3v) is 6.53. The lowest BCUT2D eigenvalue weighted by molar-refractivity contribution is -0.132. The molecule has 1 spiro atoms. The fourth-order valence-corrected chi connectivity index (χ4v) is 5.29. The van der Waals surface area contributed by atoms with E-state index in [1.165, 1.54) is 9.78 Å². The van der Waals surface area contributed by atoms with E-state index in [2.05, 4.69) is 5.32 Å². The summed E-state index contributed by atoms with van der Waals surface area (Å²) in [7, 11) is 0. The van der Waals surface area contributed by atoms with E-state index < -0.39 is 5.54 Å². The number of rotatable bonds is 2. The highest BCUT2D eigenvalue weighted by Crippen LogP contribution is 2.42. The molecule has 2 aliphatic rings. The lowest BCUT2D eigenvalue weighted by Gasteiger charge is -2.31. The fourth-order valence-electron chi connectivity index (χ4n) is 4.29. The average molecular weight is 362 g/mol. The largest absolute Gasteiger partial charge is 0.325 e. The van der Waals surface area contributed by atoms with Crippen molar-refractivity contribution in [2.24, 2.45) is 0 Å². The zero-order valence-electron chi connectivity index (χ0n) is 14.2. The van der Waals surface area contributed by atoms with Crippen LogP contribution in [0.5, 0.6) is 0 Å². The Morgan fingerprint density at radius 3 is 2.85 bits per heavy atom. The SMILES string of the molecule is O=C1NC2(CCCc3sccc32)C(=O)N1Cc1cccc2ccccc12. The van der Waals surface area contributed by atoms with Crippen LogP contribution in [0.15, 0.2) is 53.9 Å². The number of benzene rings is 2. The summed E-state index contributed by atoms with van der Waals surface area (Å²) in [5.74, 6) is -0.116. The van der Waals surface area contributed by atoms with Gasteiger partial charge in [0.15, 0.2) is 0 Å². The number of nitrogens with zero attached hydrogens (tertiary/aromatic N) is 1. The number of nitrogens with one attached hydrogen (secondary N) is 1. The Bertz CT molecular complexity index is 1040. The van der Waals surface area contributed by atoms with Crippen LogP contribution in [-0.4, -0.2) is 16.8 Å². The number of urea groups is 1. The summed E-state index contributed by atoms with van der Waals surface area (Å²) < 4.78 is 0. The number of aryl methyl sites for hydroxylation is 1. The zero-order chi connectivity index (χ0) is 17.7. The van der Waals surface area contributed by atoms with Crippen LogP contribution < -0.4 is 5.32 Å². The Morgan fingerprint density at radius 1 is 1.08 bits per heavy atom. The van der Waals surface area contributed by atoms with Crippen molar-refractivity contribution in [1.82, 2.24) is 10.2 Å². The van der Waals surface area contributed by atoms with E-state index in [1.54, 1.807) is 11.3 Å². The van der Waals surface area contributed by atoms with Crippen molar-refractivity contribution in [2.75, 3.05) is 0 Å². The first kappa shape index (κ1) is 15.6. The van der Waals surface area contributed by atoms with E-state index >= 15 is 0 Å².